The first-order valence-electron chi connectivity index (χ1n) is 6.05. The van der Waals surface area contributed by atoms with E-state index < -0.39 is 0 Å². The number of benzene rings is 1. The second kappa shape index (κ2) is 5.52. The summed E-state index contributed by atoms with van der Waals surface area (Å²) in [5.74, 6) is 0.441. The quantitative estimate of drug-likeness (QED) is 0.704. The summed E-state index contributed by atoms with van der Waals surface area (Å²) in [5.41, 5.74) is 1.62. The number of imidazole rings is 1. The van der Waals surface area contributed by atoms with E-state index in [1.807, 2.05) is 0 Å². The number of ether oxygens (including phenoxy) is 1. The molecule has 0 atom stereocenters. The minimum Gasteiger partial charge on any atom is -0.504 e. The molecule has 5 nitrogen and oxygen atoms in total. The SMILES string of the molecule is C=CCc1cc(/C=c2\[nH]c(=C)[nH]c2=O)cc(OC)c1O. The first-order valence-corrected chi connectivity index (χ1v) is 6.05. The molecule has 20 heavy (non-hydrogen) atoms. The maximum absolute atomic E-state index is 11.6. The van der Waals surface area contributed by atoms with E-state index in [0.717, 1.165) is 5.56 Å². The third kappa shape index (κ3) is 2.66. The maximum atomic E-state index is 11.6. The van der Waals surface area contributed by atoms with Crippen LogP contribution in [-0.2, 0) is 6.42 Å². The summed E-state index contributed by atoms with van der Waals surface area (Å²) in [4.78, 5) is 17.0. The fourth-order valence-corrected chi connectivity index (χ4v) is 1.96. The molecule has 0 saturated heterocycles. The zero-order valence-corrected chi connectivity index (χ0v) is 11.2. The number of hydrogen-bond acceptors (Lipinski definition) is 3. The molecule has 5 heteroatoms. The molecule has 3 N–H and O–H groups in total. The molecule has 0 fully saturated rings. The van der Waals surface area contributed by atoms with Crippen molar-refractivity contribution in [3.8, 4) is 11.5 Å². The third-order valence-corrected chi connectivity index (χ3v) is 2.87. The molecular formula is C15H16N2O3. The van der Waals surface area contributed by atoms with Crippen LogP contribution in [0.4, 0.5) is 0 Å². The van der Waals surface area contributed by atoms with Crippen LogP contribution in [0.3, 0.4) is 0 Å². The summed E-state index contributed by atoms with van der Waals surface area (Å²) >= 11 is 0. The number of aromatic amines is 2. The summed E-state index contributed by atoms with van der Waals surface area (Å²) in [6.07, 6.45) is 3.86. The number of H-pyrrole nitrogens is 2. The summed E-state index contributed by atoms with van der Waals surface area (Å²) in [7, 11) is 1.48. The van der Waals surface area contributed by atoms with E-state index >= 15 is 0 Å². The zero-order chi connectivity index (χ0) is 14.7. The molecule has 0 aliphatic carbocycles. The van der Waals surface area contributed by atoms with Crippen molar-refractivity contribution in [3.63, 3.8) is 0 Å². The van der Waals surface area contributed by atoms with Gasteiger partial charge in [0.05, 0.1) is 7.11 Å². The van der Waals surface area contributed by atoms with Gasteiger partial charge in [0, 0.05) is 5.56 Å². The molecule has 0 unspecified atom stereocenters. The summed E-state index contributed by atoms with van der Waals surface area (Å²) in [6.45, 7) is 7.28. The van der Waals surface area contributed by atoms with Crippen molar-refractivity contribution in [1.82, 2.24) is 9.97 Å². The normalized spacial score (nSPS) is 11.6. The molecule has 104 valence electrons. The number of phenolic OH excluding ortho intramolecular Hbond substituents is 1. The molecule has 0 amide bonds. The van der Waals surface area contributed by atoms with Gasteiger partial charge in [0.15, 0.2) is 11.5 Å². The first-order chi connectivity index (χ1) is 9.55. The third-order valence-electron chi connectivity index (χ3n) is 2.87. The zero-order valence-electron chi connectivity index (χ0n) is 11.2. The van der Waals surface area contributed by atoms with Crippen LogP contribution in [0.2, 0.25) is 0 Å². The van der Waals surface area contributed by atoms with Crippen LogP contribution >= 0.6 is 0 Å². The largest absolute Gasteiger partial charge is 0.504 e. The molecule has 2 rings (SSSR count). The Bertz CT molecular complexity index is 800. The first kappa shape index (κ1) is 13.7. The van der Waals surface area contributed by atoms with Gasteiger partial charge in [0.1, 0.15) is 10.8 Å². The van der Waals surface area contributed by atoms with Crippen LogP contribution in [0.1, 0.15) is 11.1 Å². The van der Waals surface area contributed by atoms with Gasteiger partial charge in [-0.15, -0.1) is 6.58 Å². The topological polar surface area (TPSA) is 78.1 Å². The van der Waals surface area contributed by atoms with Crippen molar-refractivity contribution >= 4 is 12.7 Å². The van der Waals surface area contributed by atoms with Crippen LogP contribution in [0.15, 0.2) is 29.6 Å². The highest BCUT2D eigenvalue weighted by molar-refractivity contribution is 5.58. The van der Waals surface area contributed by atoms with Crippen LogP contribution in [0.25, 0.3) is 12.7 Å². The van der Waals surface area contributed by atoms with E-state index in [0.29, 0.717) is 28.6 Å². The Balaban J connectivity index is 2.63. The highest BCUT2D eigenvalue weighted by Crippen LogP contribution is 2.32. The molecule has 0 aliphatic rings. The van der Waals surface area contributed by atoms with Crippen molar-refractivity contribution in [2.24, 2.45) is 0 Å². The Morgan fingerprint density at radius 3 is 2.70 bits per heavy atom. The lowest BCUT2D eigenvalue weighted by Gasteiger charge is -2.09. The van der Waals surface area contributed by atoms with Gasteiger partial charge in [0.2, 0.25) is 0 Å². The number of methoxy groups -OCH3 is 1. The van der Waals surface area contributed by atoms with E-state index in [9.17, 15) is 9.90 Å². The number of allylic oxidation sites excluding steroid dienone is 1. The number of hydrogen-bond donors (Lipinski definition) is 3. The van der Waals surface area contributed by atoms with Gasteiger partial charge < -0.3 is 19.8 Å². The fourth-order valence-electron chi connectivity index (χ4n) is 1.96. The van der Waals surface area contributed by atoms with E-state index in [-0.39, 0.29) is 11.3 Å². The molecular weight excluding hydrogens is 256 g/mol. The van der Waals surface area contributed by atoms with Crippen LogP contribution in [0.5, 0.6) is 11.5 Å². The van der Waals surface area contributed by atoms with Gasteiger partial charge >= 0.3 is 0 Å². The van der Waals surface area contributed by atoms with Gasteiger partial charge in [-0.1, -0.05) is 12.7 Å². The average Bonchev–Trinajstić information content (AvgIpc) is 2.71. The number of rotatable bonds is 4. The molecule has 2 aromatic rings. The smallest absolute Gasteiger partial charge is 0.273 e. The van der Waals surface area contributed by atoms with Gasteiger partial charge in [0.25, 0.3) is 5.56 Å². The summed E-state index contributed by atoms with van der Waals surface area (Å²) < 4.78 is 5.13. The lowest BCUT2D eigenvalue weighted by Crippen LogP contribution is -2.22. The van der Waals surface area contributed by atoms with Crippen molar-refractivity contribution in [2.45, 2.75) is 6.42 Å². The van der Waals surface area contributed by atoms with Crippen LogP contribution < -0.4 is 21.1 Å². The second-order valence-corrected chi connectivity index (χ2v) is 4.34. The molecule has 0 aliphatic heterocycles. The number of nitrogens with one attached hydrogen (secondary N) is 2. The molecule has 0 radical (unpaired) electrons. The lowest BCUT2D eigenvalue weighted by atomic mass is 10.1. The van der Waals surface area contributed by atoms with E-state index in [2.05, 4.69) is 23.1 Å². The molecule has 1 aromatic carbocycles. The standard InChI is InChI=1S/C15H16N2O3/c1-4-5-11-6-10(8-13(20-3)14(11)18)7-12-15(19)17-9(2)16-12/h4,6-8,16,18H,1-2,5H2,3H3,(H,17,19)/b12-7-. The summed E-state index contributed by atoms with van der Waals surface area (Å²) in [6, 6.07) is 3.44. The van der Waals surface area contributed by atoms with E-state index in [1.165, 1.54) is 7.11 Å². The maximum Gasteiger partial charge on any atom is 0.273 e. The second-order valence-electron chi connectivity index (χ2n) is 4.34. The van der Waals surface area contributed by atoms with Gasteiger partial charge in [-0.2, -0.15) is 0 Å². The molecule has 0 spiro atoms. The Kier molecular flexibility index (Phi) is 3.79. The number of phenols is 1. The fraction of sp³-hybridized carbons (Fsp3) is 0.133. The molecule has 1 aromatic heterocycles. The van der Waals surface area contributed by atoms with Gasteiger partial charge in [-0.3, -0.25) is 4.79 Å². The molecule has 1 heterocycles. The molecule has 0 saturated carbocycles. The predicted octanol–water partition coefficient (Wildman–Crippen LogP) is 0.385. The number of aromatic hydroxyl groups is 1. The van der Waals surface area contributed by atoms with Gasteiger partial charge in [-0.25, -0.2) is 0 Å². The summed E-state index contributed by atoms with van der Waals surface area (Å²) in [5, 5.41) is 10.4. The van der Waals surface area contributed by atoms with Crippen molar-refractivity contribution in [2.75, 3.05) is 7.11 Å². The number of aromatic nitrogens is 2. The van der Waals surface area contributed by atoms with Gasteiger partial charge in [-0.05, 0) is 30.2 Å². The monoisotopic (exact) mass is 272 g/mol. The van der Waals surface area contributed by atoms with E-state index in [1.54, 1.807) is 24.3 Å². The Labute approximate surface area is 115 Å². The van der Waals surface area contributed by atoms with Crippen molar-refractivity contribution in [3.05, 3.63) is 57.1 Å². The average molecular weight is 272 g/mol. The Morgan fingerprint density at radius 2 is 2.15 bits per heavy atom. The minimum atomic E-state index is -0.243. The minimum absolute atomic E-state index is 0.0859. The van der Waals surface area contributed by atoms with Crippen molar-refractivity contribution < 1.29 is 9.84 Å². The van der Waals surface area contributed by atoms with Crippen LogP contribution in [0, 0.1) is 0 Å². The molecule has 0 bridgehead atoms. The highest BCUT2D eigenvalue weighted by Gasteiger charge is 2.08. The van der Waals surface area contributed by atoms with Crippen molar-refractivity contribution in [1.29, 1.82) is 0 Å². The Hall–Kier alpha value is -2.69. The lowest BCUT2D eigenvalue weighted by molar-refractivity contribution is 0.371. The predicted molar refractivity (Wildman–Crippen MR) is 78.3 cm³/mol. The van der Waals surface area contributed by atoms with E-state index in [4.69, 9.17) is 4.74 Å². The Morgan fingerprint density at radius 1 is 1.40 bits per heavy atom. The highest BCUT2D eigenvalue weighted by atomic mass is 16.5. The van der Waals surface area contributed by atoms with Crippen LogP contribution in [-0.4, -0.2) is 22.2 Å².